The van der Waals surface area contributed by atoms with Crippen molar-refractivity contribution < 1.29 is 9.53 Å². The molecule has 0 aliphatic heterocycles. The van der Waals surface area contributed by atoms with Gasteiger partial charge in [0, 0.05) is 42.6 Å². The van der Waals surface area contributed by atoms with Crippen molar-refractivity contribution in [2.75, 3.05) is 30.1 Å². The summed E-state index contributed by atoms with van der Waals surface area (Å²) in [4.78, 5) is 25.3. The number of nitrogens with zero attached hydrogens (tertiary/aromatic N) is 3. The first-order valence-corrected chi connectivity index (χ1v) is 8.29. The molecule has 8 nitrogen and oxygen atoms in total. The zero-order valence-corrected chi connectivity index (χ0v) is 15.3. The summed E-state index contributed by atoms with van der Waals surface area (Å²) in [7, 11) is 3.31. The zero-order chi connectivity index (χ0) is 19.2. The second kappa shape index (κ2) is 8.13. The number of rotatable bonds is 6. The van der Waals surface area contributed by atoms with Gasteiger partial charge in [-0.1, -0.05) is 0 Å². The molecule has 2 heterocycles. The third-order valence-corrected chi connectivity index (χ3v) is 3.75. The van der Waals surface area contributed by atoms with Crippen LogP contribution in [0.3, 0.4) is 0 Å². The smallest absolute Gasteiger partial charge is 0.259 e. The molecule has 1 amide bonds. The Labute approximate surface area is 157 Å². The molecule has 1 aromatic carbocycles. The summed E-state index contributed by atoms with van der Waals surface area (Å²) in [5.74, 6) is 1.31. The van der Waals surface area contributed by atoms with E-state index >= 15 is 0 Å². The molecule has 138 valence electrons. The van der Waals surface area contributed by atoms with Crippen LogP contribution >= 0.6 is 0 Å². The van der Waals surface area contributed by atoms with Gasteiger partial charge in [-0.2, -0.15) is 4.98 Å². The van der Waals surface area contributed by atoms with Gasteiger partial charge in [0.1, 0.15) is 11.6 Å². The summed E-state index contributed by atoms with van der Waals surface area (Å²) in [5, 5.41) is 8.93. The fourth-order valence-corrected chi connectivity index (χ4v) is 2.48. The minimum Gasteiger partial charge on any atom is -0.496 e. The van der Waals surface area contributed by atoms with Gasteiger partial charge in [-0.25, -0.2) is 4.98 Å². The minimum absolute atomic E-state index is 0.289. The number of anilines is 4. The fraction of sp³-hybridized carbons (Fsp3) is 0.158. The lowest BCUT2D eigenvalue weighted by atomic mass is 10.1. The Kier molecular flexibility index (Phi) is 5.46. The van der Waals surface area contributed by atoms with Crippen LogP contribution in [0.1, 0.15) is 16.1 Å². The average Bonchev–Trinajstić information content (AvgIpc) is 2.68. The van der Waals surface area contributed by atoms with Crippen LogP contribution in [0.25, 0.3) is 0 Å². The van der Waals surface area contributed by atoms with Crippen molar-refractivity contribution in [2.24, 2.45) is 0 Å². The van der Waals surface area contributed by atoms with Crippen LogP contribution in [0, 0.1) is 6.92 Å². The highest BCUT2D eigenvalue weighted by Gasteiger charge is 2.14. The van der Waals surface area contributed by atoms with E-state index in [-0.39, 0.29) is 5.91 Å². The van der Waals surface area contributed by atoms with Crippen LogP contribution in [-0.2, 0) is 0 Å². The molecular formula is C19H20N6O2. The molecule has 0 atom stereocenters. The predicted molar refractivity (Wildman–Crippen MR) is 105 cm³/mol. The number of carbonyl (C=O) groups excluding carboxylic acids is 1. The molecule has 27 heavy (non-hydrogen) atoms. The lowest BCUT2D eigenvalue weighted by molar-refractivity contribution is 0.102. The number of ether oxygens (including phenoxy) is 1. The lowest BCUT2D eigenvalue weighted by Gasteiger charge is -2.12. The first kappa shape index (κ1) is 18.1. The van der Waals surface area contributed by atoms with Crippen LogP contribution < -0.4 is 20.7 Å². The molecule has 0 fully saturated rings. The largest absolute Gasteiger partial charge is 0.496 e. The number of methoxy groups -OCH3 is 1. The maximum Gasteiger partial charge on any atom is 0.259 e. The molecule has 3 aromatic rings. The number of hydrogen-bond acceptors (Lipinski definition) is 7. The quantitative estimate of drug-likeness (QED) is 0.617. The van der Waals surface area contributed by atoms with Crippen molar-refractivity contribution in [2.45, 2.75) is 6.92 Å². The van der Waals surface area contributed by atoms with Gasteiger partial charge < -0.3 is 20.7 Å². The maximum absolute atomic E-state index is 12.7. The van der Waals surface area contributed by atoms with Gasteiger partial charge in [-0.3, -0.25) is 9.78 Å². The molecule has 0 unspecified atom stereocenters. The third kappa shape index (κ3) is 4.49. The van der Waals surface area contributed by atoms with Crippen molar-refractivity contribution >= 4 is 29.0 Å². The molecule has 0 aliphatic rings. The molecular weight excluding hydrogens is 344 g/mol. The van der Waals surface area contributed by atoms with E-state index in [0.29, 0.717) is 34.5 Å². The first-order chi connectivity index (χ1) is 13.1. The Bertz CT molecular complexity index is 946. The monoisotopic (exact) mass is 364 g/mol. The second-order valence-corrected chi connectivity index (χ2v) is 5.70. The number of amides is 1. The topological polar surface area (TPSA) is 101 Å². The second-order valence-electron chi connectivity index (χ2n) is 5.70. The van der Waals surface area contributed by atoms with Crippen LogP contribution in [0.4, 0.5) is 23.1 Å². The number of hydrogen-bond donors (Lipinski definition) is 3. The van der Waals surface area contributed by atoms with E-state index in [2.05, 4.69) is 30.9 Å². The number of benzene rings is 1. The SMILES string of the molecule is CNc1cc(C)nc(Nc2ccc(OC)c(C(=O)Nc3ccncc3)c2)n1. The van der Waals surface area contributed by atoms with Gasteiger partial charge in [0.2, 0.25) is 5.95 Å². The van der Waals surface area contributed by atoms with E-state index in [1.54, 1.807) is 49.8 Å². The Morgan fingerprint density at radius 3 is 2.52 bits per heavy atom. The van der Waals surface area contributed by atoms with Crippen LogP contribution in [0.5, 0.6) is 5.75 Å². The molecule has 3 N–H and O–H groups in total. The van der Waals surface area contributed by atoms with Gasteiger partial charge >= 0.3 is 0 Å². The number of aryl methyl sites for hydroxylation is 1. The number of pyridine rings is 1. The summed E-state index contributed by atoms with van der Waals surface area (Å²) < 4.78 is 5.32. The molecule has 8 heteroatoms. The molecule has 0 spiro atoms. The Morgan fingerprint density at radius 1 is 1.04 bits per heavy atom. The Morgan fingerprint density at radius 2 is 1.81 bits per heavy atom. The van der Waals surface area contributed by atoms with Gasteiger partial charge in [-0.05, 0) is 37.3 Å². The van der Waals surface area contributed by atoms with Crippen molar-refractivity contribution in [1.29, 1.82) is 0 Å². The Balaban J connectivity index is 1.87. The summed E-state index contributed by atoms with van der Waals surface area (Å²) in [6, 6.07) is 10.5. The molecule has 0 saturated carbocycles. The molecule has 0 bridgehead atoms. The van der Waals surface area contributed by atoms with Gasteiger partial charge in [0.15, 0.2) is 0 Å². The summed E-state index contributed by atoms with van der Waals surface area (Å²) in [6.07, 6.45) is 3.22. The maximum atomic E-state index is 12.7. The van der Waals surface area contributed by atoms with Gasteiger partial charge in [-0.15, -0.1) is 0 Å². The van der Waals surface area contributed by atoms with Crippen molar-refractivity contribution in [3.63, 3.8) is 0 Å². The highest BCUT2D eigenvalue weighted by atomic mass is 16.5. The number of aromatic nitrogens is 3. The van der Waals surface area contributed by atoms with Gasteiger partial charge in [0.25, 0.3) is 5.91 Å². The number of nitrogens with one attached hydrogen (secondary N) is 3. The minimum atomic E-state index is -0.289. The predicted octanol–water partition coefficient (Wildman–Crippen LogP) is 3.23. The van der Waals surface area contributed by atoms with Crippen LogP contribution in [0.2, 0.25) is 0 Å². The standard InChI is InChI=1S/C19H20N6O2/c1-12-10-17(20-2)25-19(22-12)24-14-4-5-16(27-3)15(11-14)18(26)23-13-6-8-21-9-7-13/h4-11H,1-3H3,(H,21,23,26)(H2,20,22,24,25). The van der Waals surface area contributed by atoms with E-state index in [4.69, 9.17) is 4.74 Å². The first-order valence-electron chi connectivity index (χ1n) is 8.29. The number of carbonyl (C=O) groups is 1. The highest BCUT2D eigenvalue weighted by Crippen LogP contribution is 2.25. The highest BCUT2D eigenvalue weighted by molar-refractivity contribution is 6.06. The Hall–Kier alpha value is -3.68. The molecule has 0 aliphatic carbocycles. The summed E-state index contributed by atoms with van der Waals surface area (Å²) in [6.45, 7) is 1.88. The fourth-order valence-electron chi connectivity index (χ4n) is 2.48. The molecule has 3 rings (SSSR count). The lowest BCUT2D eigenvalue weighted by Crippen LogP contribution is -2.13. The third-order valence-electron chi connectivity index (χ3n) is 3.75. The van der Waals surface area contributed by atoms with E-state index in [1.165, 1.54) is 7.11 Å². The normalized spacial score (nSPS) is 10.2. The van der Waals surface area contributed by atoms with E-state index in [1.807, 2.05) is 13.0 Å². The summed E-state index contributed by atoms with van der Waals surface area (Å²) in [5.41, 5.74) is 2.53. The molecule has 0 saturated heterocycles. The zero-order valence-electron chi connectivity index (χ0n) is 15.3. The van der Waals surface area contributed by atoms with Crippen LogP contribution in [-0.4, -0.2) is 35.0 Å². The molecule has 0 radical (unpaired) electrons. The van der Waals surface area contributed by atoms with E-state index in [9.17, 15) is 4.79 Å². The average molecular weight is 364 g/mol. The van der Waals surface area contributed by atoms with Crippen LogP contribution in [0.15, 0.2) is 48.8 Å². The van der Waals surface area contributed by atoms with Crippen molar-refractivity contribution in [1.82, 2.24) is 15.0 Å². The van der Waals surface area contributed by atoms with E-state index < -0.39 is 0 Å². The molecule has 2 aromatic heterocycles. The van der Waals surface area contributed by atoms with Gasteiger partial charge in [0.05, 0.1) is 12.7 Å². The van der Waals surface area contributed by atoms with Crippen molar-refractivity contribution in [3.8, 4) is 5.75 Å². The van der Waals surface area contributed by atoms with Crippen molar-refractivity contribution in [3.05, 3.63) is 60.0 Å². The summed E-state index contributed by atoms with van der Waals surface area (Å²) >= 11 is 0. The van der Waals surface area contributed by atoms with E-state index in [0.717, 1.165) is 5.69 Å².